The lowest BCUT2D eigenvalue weighted by molar-refractivity contribution is -0.122. The zero-order chi connectivity index (χ0) is 19.0. The summed E-state index contributed by atoms with van der Waals surface area (Å²) < 4.78 is 3.22. The van der Waals surface area contributed by atoms with Crippen molar-refractivity contribution >= 4 is 22.8 Å². The van der Waals surface area contributed by atoms with Gasteiger partial charge in [-0.3, -0.25) is 29.8 Å². The lowest BCUT2D eigenvalue weighted by Gasteiger charge is -2.10. The smallest absolute Gasteiger partial charge is 0.270 e. The van der Waals surface area contributed by atoms with Crippen molar-refractivity contribution in [1.82, 2.24) is 35.4 Å². The zero-order valence-electron chi connectivity index (χ0n) is 15.4. The third kappa shape index (κ3) is 3.28. The maximum absolute atomic E-state index is 12.6. The third-order valence-corrected chi connectivity index (χ3v) is 4.05. The first-order valence-corrected chi connectivity index (χ1v) is 8.17. The number of carbonyl (C=O) groups excluding carboxylic acids is 2. The number of fused-ring (bicyclic) bond motifs is 1. The van der Waals surface area contributed by atoms with Gasteiger partial charge in [-0.15, -0.1) is 0 Å². The average Bonchev–Trinajstić information content (AvgIpc) is 3.02. The number of nitrogens with zero attached hydrogens (tertiary/aromatic N) is 5. The van der Waals surface area contributed by atoms with Crippen LogP contribution in [0, 0.1) is 27.7 Å². The zero-order valence-corrected chi connectivity index (χ0v) is 15.4. The summed E-state index contributed by atoms with van der Waals surface area (Å²) in [6, 6.07) is 3.56. The van der Waals surface area contributed by atoms with Crippen LogP contribution in [0.1, 0.15) is 33.1 Å². The van der Waals surface area contributed by atoms with Gasteiger partial charge < -0.3 is 0 Å². The predicted octanol–water partition coefficient (Wildman–Crippen LogP) is 0.860. The van der Waals surface area contributed by atoms with Crippen LogP contribution in [-0.4, -0.2) is 36.4 Å². The Morgan fingerprint density at radius 3 is 2.42 bits per heavy atom. The average molecular weight is 355 g/mol. The second kappa shape index (κ2) is 6.58. The van der Waals surface area contributed by atoms with E-state index >= 15 is 0 Å². The number of rotatable bonds is 3. The summed E-state index contributed by atoms with van der Waals surface area (Å²) in [5.41, 5.74) is 9.04. The summed E-state index contributed by atoms with van der Waals surface area (Å²) in [5.74, 6) is -0.784. The Balaban J connectivity index is 1.75. The van der Waals surface area contributed by atoms with Crippen molar-refractivity contribution in [3.63, 3.8) is 0 Å². The van der Waals surface area contributed by atoms with E-state index in [1.807, 2.05) is 26.8 Å². The molecule has 2 amide bonds. The Labute approximate surface area is 150 Å². The number of hydrazine groups is 1. The van der Waals surface area contributed by atoms with Crippen LogP contribution < -0.4 is 10.9 Å². The topological polar surface area (TPSA) is 107 Å². The molecule has 0 saturated heterocycles. The van der Waals surface area contributed by atoms with Crippen molar-refractivity contribution in [1.29, 1.82) is 0 Å². The Morgan fingerprint density at radius 1 is 1.04 bits per heavy atom. The van der Waals surface area contributed by atoms with Crippen molar-refractivity contribution < 1.29 is 9.59 Å². The summed E-state index contributed by atoms with van der Waals surface area (Å²) in [7, 11) is 1.78. The van der Waals surface area contributed by atoms with Crippen LogP contribution in [0.5, 0.6) is 0 Å². The molecule has 3 aromatic rings. The normalized spacial score (nSPS) is 11.0. The number of aryl methyl sites for hydroxylation is 5. The molecule has 0 fully saturated rings. The largest absolute Gasteiger partial charge is 0.271 e. The molecule has 0 atom stereocenters. The highest BCUT2D eigenvalue weighted by Gasteiger charge is 2.18. The molecular formula is C17H21N7O2. The Bertz CT molecular complexity index is 1020. The van der Waals surface area contributed by atoms with Crippen molar-refractivity contribution in [2.24, 2.45) is 7.05 Å². The van der Waals surface area contributed by atoms with E-state index in [2.05, 4.69) is 26.0 Å². The van der Waals surface area contributed by atoms with Gasteiger partial charge in [0.05, 0.1) is 22.3 Å². The first kappa shape index (κ1) is 17.6. The van der Waals surface area contributed by atoms with Gasteiger partial charge in [-0.05, 0) is 39.8 Å². The van der Waals surface area contributed by atoms with E-state index in [1.165, 1.54) is 0 Å². The van der Waals surface area contributed by atoms with E-state index in [1.54, 1.807) is 29.4 Å². The van der Waals surface area contributed by atoms with Gasteiger partial charge in [-0.25, -0.2) is 4.98 Å². The fourth-order valence-corrected chi connectivity index (χ4v) is 2.95. The molecule has 0 aliphatic rings. The fourth-order valence-electron chi connectivity index (χ4n) is 2.95. The van der Waals surface area contributed by atoms with E-state index < -0.39 is 5.91 Å². The number of nitrogens with one attached hydrogen (secondary N) is 2. The number of carbonyl (C=O) groups is 2. The summed E-state index contributed by atoms with van der Waals surface area (Å²) in [5, 5.41) is 9.21. The Kier molecular flexibility index (Phi) is 4.45. The summed E-state index contributed by atoms with van der Waals surface area (Å²) in [6.45, 7) is 7.37. The number of hydrogen-bond acceptors (Lipinski definition) is 5. The van der Waals surface area contributed by atoms with Gasteiger partial charge in [-0.2, -0.15) is 10.2 Å². The van der Waals surface area contributed by atoms with Gasteiger partial charge in [0, 0.05) is 18.4 Å². The predicted molar refractivity (Wildman–Crippen MR) is 95.3 cm³/mol. The number of pyridine rings is 1. The van der Waals surface area contributed by atoms with E-state index in [0.29, 0.717) is 28.0 Å². The molecule has 0 aliphatic carbocycles. The molecule has 0 unspecified atom stereocenters. The van der Waals surface area contributed by atoms with Crippen molar-refractivity contribution in [2.45, 2.75) is 34.2 Å². The number of hydrogen-bond donors (Lipinski definition) is 2. The number of amides is 2. The molecule has 26 heavy (non-hydrogen) atoms. The van der Waals surface area contributed by atoms with E-state index in [-0.39, 0.29) is 12.5 Å². The quantitative estimate of drug-likeness (QED) is 0.678. The third-order valence-electron chi connectivity index (χ3n) is 4.05. The fraction of sp³-hybridized carbons (Fsp3) is 0.353. The SMILES string of the molecule is Cc1cc(C(=O)NNC(=O)Cn2nc(C)cc2C)c2c(C)nn(C)c2n1. The lowest BCUT2D eigenvalue weighted by Crippen LogP contribution is -2.43. The standard InChI is InChI=1S/C17H21N7O2/c1-9-7-13(15-12(4)22-23(5)16(15)18-9)17(26)20-19-14(25)8-24-11(3)6-10(2)21-24/h6-7H,8H2,1-5H3,(H,19,25)(H,20,26). The first-order valence-electron chi connectivity index (χ1n) is 8.17. The monoisotopic (exact) mass is 355 g/mol. The van der Waals surface area contributed by atoms with Crippen LogP contribution >= 0.6 is 0 Å². The highest BCUT2D eigenvalue weighted by molar-refractivity contribution is 6.06. The molecule has 0 radical (unpaired) electrons. The van der Waals surface area contributed by atoms with Gasteiger partial charge in [-0.1, -0.05) is 0 Å². The minimum atomic E-state index is -0.418. The first-order chi connectivity index (χ1) is 12.3. The minimum absolute atomic E-state index is 0.0245. The Morgan fingerprint density at radius 2 is 1.77 bits per heavy atom. The molecule has 9 heteroatoms. The summed E-state index contributed by atoms with van der Waals surface area (Å²) >= 11 is 0. The molecule has 3 aromatic heterocycles. The van der Waals surface area contributed by atoms with Gasteiger partial charge in [0.15, 0.2) is 5.65 Å². The van der Waals surface area contributed by atoms with Crippen LogP contribution in [0.15, 0.2) is 12.1 Å². The molecule has 0 saturated carbocycles. The highest BCUT2D eigenvalue weighted by Crippen LogP contribution is 2.21. The molecule has 136 valence electrons. The number of aromatic nitrogens is 5. The van der Waals surface area contributed by atoms with Crippen molar-refractivity contribution in [2.75, 3.05) is 0 Å². The van der Waals surface area contributed by atoms with Crippen molar-refractivity contribution in [3.05, 3.63) is 40.5 Å². The molecule has 9 nitrogen and oxygen atoms in total. The molecule has 2 N–H and O–H groups in total. The lowest BCUT2D eigenvalue weighted by atomic mass is 10.1. The molecule has 3 heterocycles. The van der Waals surface area contributed by atoms with Crippen LogP contribution in [0.3, 0.4) is 0 Å². The minimum Gasteiger partial charge on any atom is -0.271 e. The van der Waals surface area contributed by atoms with E-state index in [4.69, 9.17) is 0 Å². The van der Waals surface area contributed by atoms with Crippen LogP contribution in [0.2, 0.25) is 0 Å². The van der Waals surface area contributed by atoms with Gasteiger partial charge in [0.1, 0.15) is 6.54 Å². The molecule has 0 aliphatic heterocycles. The van der Waals surface area contributed by atoms with Gasteiger partial charge >= 0.3 is 0 Å². The molecular weight excluding hydrogens is 334 g/mol. The molecule has 3 rings (SSSR count). The second-order valence-electron chi connectivity index (χ2n) is 6.31. The van der Waals surface area contributed by atoms with Gasteiger partial charge in [0.25, 0.3) is 11.8 Å². The van der Waals surface area contributed by atoms with Crippen LogP contribution in [-0.2, 0) is 18.4 Å². The van der Waals surface area contributed by atoms with Crippen LogP contribution in [0.25, 0.3) is 11.0 Å². The van der Waals surface area contributed by atoms with Crippen LogP contribution in [0.4, 0.5) is 0 Å². The Hall–Kier alpha value is -3.23. The summed E-state index contributed by atoms with van der Waals surface area (Å²) in [4.78, 5) is 29.1. The van der Waals surface area contributed by atoms with Gasteiger partial charge in [0.2, 0.25) is 0 Å². The van der Waals surface area contributed by atoms with E-state index in [9.17, 15) is 9.59 Å². The van der Waals surface area contributed by atoms with E-state index in [0.717, 1.165) is 11.4 Å². The molecule has 0 aromatic carbocycles. The second-order valence-corrected chi connectivity index (χ2v) is 6.31. The summed E-state index contributed by atoms with van der Waals surface area (Å²) in [6.07, 6.45) is 0. The maximum atomic E-state index is 12.6. The highest BCUT2D eigenvalue weighted by atomic mass is 16.2. The maximum Gasteiger partial charge on any atom is 0.270 e. The van der Waals surface area contributed by atoms with Crippen molar-refractivity contribution in [3.8, 4) is 0 Å². The molecule has 0 bridgehead atoms. The molecule has 0 spiro atoms.